The molecule has 150 valence electrons. The van der Waals surface area contributed by atoms with E-state index in [9.17, 15) is 10.1 Å². The summed E-state index contributed by atoms with van der Waals surface area (Å²) in [5.41, 5.74) is 5.01. The molecule has 0 atom stereocenters. The number of nitriles is 1. The number of aliphatic carboxylic acids is 1. The highest BCUT2D eigenvalue weighted by atomic mass is 16.4. The molecule has 4 rings (SSSR count). The van der Waals surface area contributed by atoms with Crippen LogP contribution in [0.3, 0.4) is 0 Å². The van der Waals surface area contributed by atoms with Crippen molar-refractivity contribution in [3.05, 3.63) is 65.9 Å². The van der Waals surface area contributed by atoms with E-state index in [4.69, 9.17) is 5.11 Å². The van der Waals surface area contributed by atoms with Crippen molar-refractivity contribution >= 4 is 17.9 Å². The van der Waals surface area contributed by atoms with Gasteiger partial charge in [-0.1, -0.05) is 24.3 Å². The number of carboxylic acids is 1. The number of hydrogen-bond acceptors (Lipinski definition) is 5. The summed E-state index contributed by atoms with van der Waals surface area (Å²) >= 11 is 0. The van der Waals surface area contributed by atoms with Crippen molar-refractivity contribution in [3.63, 3.8) is 0 Å². The van der Waals surface area contributed by atoms with Gasteiger partial charge in [0.1, 0.15) is 11.9 Å². The molecule has 1 saturated heterocycles. The molecule has 2 aromatic heterocycles. The lowest BCUT2D eigenvalue weighted by molar-refractivity contribution is -0.131. The molecule has 0 radical (unpaired) electrons. The standard InChI is InChI=1S/C23H21N5O2/c24-15-19-14-21(27-23(19)28-11-9-25-10-12-28)18-7-8-26-20(13-18)17-4-1-16(2-5-17)3-6-22(29)30/h1-8,13-14,25,27H,9-12H2,(H,29,30). The lowest BCUT2D eigenvalue weighted by Gasteiger charge is -2.28. The van der Waals surface area contributed by atoms with E-state index in [1.54, 1.807) is 12.3 Å². The van der Waals surface area contributed by atoms with Crippen molar-refractivity contribution in [1.29, 1.82) is 5.26 Å². The zero-order chi connectivity index (χ0) is 20.9. The van der Waals surface area contributed by atoms with E-state index in [2.05, 4.69) is 26.3 Å². The molecule has 7 nitrogen and oxygen atoms in total. The number of aromatic nitrogens is 2. The first-order valence-corrected chi connectivity index (χ1v) is 9.71. The van der Waals surface area contributed by atoms with Gasteiger partial charge < -0.3 is 20.3 Å². The predicted octanol–water partition coefficient (Wildman–Crippen LogP) is 3.12. The minimum absolute atomic E-state index is 0.639. The van der Waals surface area contributed by atoms with Gasteiger partial charge in [-0.25, -0.2) is 4.79 Å². The Bertz CT molecular complexity index is 1120. The molecule has 1 aliphatic heterocycles. The summed E-state index contributed by atoms with van der Waals surface area (Å²) in [7, 11) is 0. The highest BCUT2D eigenvalue weighted by Gasteiger charge is 2.18. The highest BCUT2D eigenvalue weighted by Crippen LogP contribution is 2.29. The van der Waals surface area contributed by atoms with Crippen LogP contribution < -0.4 is 10.2 Å². The largest absolute Gasteiger partial charge is 0.478 e. The first-order chi connectivity index (χ1) is 14.6. The minimum atomic E-state index is -0.976. The fourth-order valence-electron chi connectivity index (χ4n) is 3.51. The number of rotatable bonds is 5. The number of pyridine rings is 1. The van der Waals surface area contributed by atoms with Crippen LogP contribution in [0, 0.1) is 11.3 Å². The number of carbonyl (C=O) groups is 1. The first kappa shape index (κ1) is 19.4. The van der Waals surface area contributed by atoms with Crippen LogP contribution in [-0.2, 0) is 4.79 Å². The van der Waals surface area contributed by atoms with Crippen LogP contribution in [0.5, 0.6) is 0 Å². The lowest BCUT2D eigenvalue weighted by atomic mass is 10.1. The van der Waals surface area contributed by atoms with Gasteiger partial charge in [-0.2, -0.15) is 5.26 Å². The number of nitrogens with zero attached hydrogens (tertiary/aromatic N) is 3. The number of benzene rings is 1. The average Bonchev–Trinajstić information content (AvgIpc) is 3.23. The second-order valence-electron chi connectivity index (χ2n) is 7.02. The summed E-state index contributed by atoms with van der Waals surface area (Å²) < 4.78 is 0. The van der Waals surface area contributed by atoms with Gasteiger partial charge in [-0.15, -0.1) is 0 Å². The van der Waals surface area contributed by atoms with E-state index in [1.165, 1.54) is 0 Å². The molecule has 0 unspecified atom stereocenters. The van der Waals surface area contributed by atoms with Crippen molar-refractivity contribution in [1.82, 2.24) is 15.3 Å². The van der Waals surface area contributed by atoms with E-state index in [0.29, 0.717) is 5.56 Å². The van der Waals surface area contributed by atoms with Gasteiger partial charge in [0.15, 0.2) is 0 Å². The van der Waals surface area contributed by atoms with Crippen LogP contribution in [0.15, 0.2) is 54.7 Å². The summed E-state index contributed by atoms with van der Waals surface area (Å²) in [6, 6.07) is 15.6. The van der Waals surface area contributed by atoms with Gasteiger partial charge in [0.2, 0.25) is 0 Å². The molecule has 3 heterocycles. The first-order valence-electron chi connectivity index (χ1n) is 9.71. The Morgan fingerprint density at radius 2 is 1.90 bits per heavy atom. The van der Waals surface area contributed by atoms with E-state index < -0.39 is 5.97 Å². The minimum Gasteiger partial charge on any atom is -0.478 e. The molecule has 0 saturated carbocycles. The number of aromatic amines is 1. The highest BCUT2D eigenvalue weighted by molar-refractivity contribution is 5.85. The molecule has 0 spiro atoms. The third kappa shape index (κ3) is 4.24. The Kier molecular flexibility index (Phi) is 5.59. The molecule has 30 heavy (non-hydrogen) atoms. The SMILES string of the molecule is N#Cc1cc(-c2ccnc(-c3ccc(C=CC(=O)O)cc3)c2)[nH]c1N1CCNCC1. The van der Waals surface area contributed by atoms with Gasteiger partial charge in [-0.05, 0) is 29.8 Å². The van der Waals surface area contributed by atoms with Gasteiger partial charge in [0.05, 0.1) is 11.3 Å². The maximum Gasteiger partial charge on any atom is 0.328 e. The molecule has 7 heteroatoms. The van der Waals surface area contributed by atoms with Crippen LogP contribution in [0.1, 0.15) is 11.1 Å². The Morgan fingerprint density at radius 1 is 1.13 bits per heavy atom. The molecule has 0 aliphatic carbocycles. The Hall–Kier alpha value is -3.89. The third-order valence-corrected chi connectivity index (χ3v) is 5.05. The Labute approximate surface area is 174 Å². The normalized spacial score (nSPS) is 14.0. The monoisotopic (exact) mass is 399 g/mol. The molecule has 1 aliphatic rings. The number of nitrogens with one attached hydrogen (secondary N) is 2. The molecular weight excluding hydrogens is 378 g/mol. The second kappa shape index (κ2) is 8.64. The summed E-state index contributed by atoms with van der Waals surface area (Å²) in [6.07, 6.45) is 4.41. The van der Waals surface area contributed by atoms with Gasteiger partial charge in [0, 0.05) is 55.3 Å². The quantitative estimate of drug-likeness (QED) is 0.570. The number of H-pyrrole nitrogens is 1. The van der Waals surface area contributed by atoms with Crippen LogP contribution in [0.2, 0.25) is 0 Å². The Morgan fingerprint density at radius 3 is 2.60 bits per heavy atom. The molecule has 0 amide bonds. The van der Waals surface area contributed by atoms with Gasteiger partial charge >= 0.3 is 5.97 Å². The summed E-state index contributed by atoms with van der Waals surface area (Å²) in [5, 5.41) is 21.6. The summed E-state index contributed by atoms with van der Waals surface area (Å²) in [5.74, 6) is -0.113. The van der Waals surface area contributed by atoms with E-state index in [0.717, 1.165) is 66.2 Å². The zero-order valence-corrected chi connectivity index (χ0v) is 16.3. The van der Waals surface area contributed by atoms with Crippen LogP contribution in [0.25, 0.3) is 28.6 Å². The molecule has 3 N–H and O–H groups in total. The van der Waals surface area contributed by atoms with Crippen molar-refractivity contribution in [3.8, 4) is 28.6 Å². The number of carboxylic acid groups (broad SMARTS) is 1. The number of hydrogen-bond donors (Lipinski definition) is 3. The van der Waals surface area contributed by atoms with Crippen molar-refractivity contribution in [2.24, 2.45) is 0 Å². The lowest BCUT2D eigenvalue weighted by Crippen LogP contribution is -2.44. The van der Waals surface area contributed by atoms with Crippen molar-refractivity contribution < 1.29 is 9.90 Å². The van der Waals surface area contributed by atoms with E-state index in [1.807, 2.05) is 42.5 Å². The summed E-state index contributed by atoms with van der Waals surface area (Å²) in [6.45, 7) is 3.52. The van der Waals surface area contributed by atoms with E-state index in [-0.39, 0.29) is 0 Å². The molecule has 0 bridgehead atoms. The Balaban J connectivity index is 1.61. The second-order valence-corrected chi connectivity index (χ2v) is 7.02. The average molecular weight is 399 g/mol. The third-order valence-electron chi connectivity index (χ3n) is 5.05. The smallest absolute Gasteiger partial charge is 0.328 e. The zero-order valence-electron chi connectivity index (χ0n) is 16.3. The van der Waals surface area contributed by atoms with Crippen LogP contribution in [-0.4, -0.2) is 47.2 Å². The maximum absolute atomic E-state index is 10.7. The predicted molar refractivity (Wildman–Crippen MR) is 116 cm³/mol. The number of piperazine rings is 1. The molecule has 1 aromatic carbocycles. The molecular formula is C23H21N5O2. The number of anilines is 1. The topological polar surface area (TPSA) is 105 Å². The molecule has 3 aromatic rings. The van der Waals surface area contributed by atoms with Crippen molar-refractivity contribution in [2.45, 2.75) is 0 Å². The van der Waals surface area contributed by atoms with Gasteiger partial charge in [-0.3, -0.25) is 4.98 Å². The van der Waals surface area contributed by atoms with E-state index >= 15 is 0 Å². The fourth-order valence-corrected chi connectivity index (χ4v) is 3.51. The maximum atomic E-state index is 10.7. The van der Waals surface area contributed by atoms with Crippen molar-refractivity contribution in [2.75, 3.05) is 31.1 Å². The fraction of sp³-hybridized carbons (Fsp3) is 0.174. The van der Waals surface area contributed by atoms with Crippen LogP contribution >= 0.6 is 0 Å². The van der Waals surface area contributed by atoms with Crippen LogP contribution in [0.4, 0.5) is 5.82 Å². The summed E-state index contributed by atoms with van der Waals surface area (Å²) in [4.78, 5) is 20.7. The molecule has 1 fully saturated rings. The van der Waals surface area contributed by atoms with Gasteiger partial charge in [0.25, 0.3) is 0 Å².